The fourth-order valence-electron chi connectivity index (χ4n) is 1.37. The van der Waals surface area contributed by atoms with E-state index in [0.29, 0.717) is 5.69 Å². The molecule has 0 bridgehead atoms. The number of carboxylic acid groups (broad SMARTS) is 1. The van der Waals surface area contributed by atoms with Crippen molar-refractivity contribution in [1.29, 1.82) is 0 Å². The van der Waals surface area contributed by atoms with Crippen LogP contribution in [0.2, 0.25) is 0 Å². The van der Waals surface area contributed by atoms with Gasteiger partial charge in [-0.05, 0) is 32.9 Å². The van der Waals surface area contributed by atoms with E-state index in [-0.39, 0.29) is 5.56 Å². The molecule has 0 aliphatic heterocycles. The minimum Gasteiger partial charge on any atom is -0.481 e. The number of aryl methyl sites for hydroxylation is 1. The summed E-state index contributed by atoms with van der Waals surface area (Å²) in [5, 5.41) is 11.3. The van der Waals surface area contributed by atoms with Crippen LogP contribution in [0.1, 0.15) is 29.9 Å². The number of carboxylic acids is 1. The molecule has 6 nitrogen and oxygen atoms in total. The van der Waals surface area contributed by atoms with E-state index in [4.69, 9.17) is 5.11 Å². The molecular formula is C12H16N2O4. The van der Waals surface area contributed by atoms with E-state index in [1.807, 2.05) is 0 Å². The summed E-state index contributed by atoms with van der Waals surface area (Å²) in [6.45, 7) is 4.78. The van der Waals surface area contributed by atoms with Crippen LogP contribution in [-0.4, -0.2) is 28.0 Å². The number of aromatic amines is 1. The van der Waals surface area contributed by atoms with Crippen LogP contribution in [0.25, 0.3) is 0 Å². The zero-order valence-corrected chi connectivity index (χ0v) is 10.5. The molecule has 0 saturated carbocycles. The van der Waals surface area contributed by atoms with Gasteiger partial charge in [-0.1, -0.05) is 0 Å². The number of carbonyl (C=O) groups is 2. The fourth-order valence-corrected chi connectivity index (χ4v) is 1.37. The lowest BCUT2D eigenvalue weighted by Crippen LogP contribution is -2.41. The molecular weight excluding hydrogens is 236 g/mol. The number of H-pyrrole nitrogens is 1. The number of hydrogen-bond donors (Lipinski definition) is 3. The molecule has 1 rings (SSSR count). The Balaban J connectivity index is 2.83. The zero-order valence-electron chi connectivity index (χ0n) is 10.5. The van der Waals surface area contributed by atoms with Gasteiger partial charge in [0, 0.05) is 11.7 Å². The van der Waals surface area contributed by atoms with Gasteiger partial charge in [0.1, 0.15) is 5.56 Å². The Morgan fingerprint density at radius 2 is 1.94 bits per heavy atom. The zero-order chi connectivity index (χ0) is 13.9. The number of amides is 1. The molecule has 0 spiro atoms. The van der Waals surface area contributed by atoms with Gasteiger partial charge in [0.2, 0.25) is 0 Å². The maximum Gasteiger partial charge on any atom is 0.308 e. The second kappa shape index (κ2) is 5.48. The Bertz CT molecular complexity index is 521. The average Bonchev–Trinajstić information content (AvgIpc) is 2.27. The first-order chi connectivity index (χ1) is 8.32. The van der Waals surface area contributed by atoms with Gasteiger partial charge < -0.3 is 15.4 Å². The van der Waals surface area contributed by atoms with Gasteiger partial charge in [0.05, 0.1) is 5.92 Å². The molecule has 1 heterocycles. The molecule has 3 N–H and O–H groups in total. The normalized spacial score (nSPS) is 13.7. The SMILES string of the molecule is Cc1ccc(C(=O)NC(C)C(C)C(=O)O)c(=O)[nH]1. The van der Waals surface area contributed by atoms with Crippen LogP contribution in [0.3, 0.4) is 0 Å². The summed E-state index contributed by atoms with van der Waals surface area (Å²) in [5.41, 5.74) is 0.149. The van der Waals surface area contributed by atoms with Gasteiger partial charge in [-0.3, -0.25) is 14.4 Å². The Morgan fingerprint density at radius 3 is 2.44 bits per heavy atom. The van der Waals surface area contributed by atoms with Gasteiger partial charge in [-0.2, -0.15) is 0 Å². The van der Waals surface area contributed by atoms with Crippen molar-refractivity contribution in [3.05, 3.63) is 33.7 Å². The summed E-state index contributed by atoms with van der Waals surface area (Å²) < 4.78 is 0. The molecule has 0 fully saturated rings. The Hall–Kier alpha value is -2.11. The summed E-state index contributed by atoms with van der Waals surface area (Å²) >= 11 is 0. The van der Waals surface area contributed by atoms with Gasteiger partial charge in [-0.25, -0.2) is 0 Å². The maximum absolute atomic E-state index is 11.8. The topological polar surface area (TPSA) is 99.3 Å². The Kier molecular flexibility index (Phi) is 4.25. The number of aliphatic carboxylic acids is 1. The molecule has 1 aromatic heterocycles. The molecule has 0 saturated heterocycles. The first-order valence-electron chi connectivity index (χ1n) is 5.56. The van der Waals surface area contributed by atoms with Crippen molar-refractivity contribution in [3.8, 4) is 0 Å². The standard InChI is InChI=1S/C12H16N2O4/c1-6-4-5-9(10(15)13-6)11(16)14-8(3)7(2)12(17)18/h4-5,7-8H,1-3H3,(H,13,15)(H,14,16)(H,17,18). The van der Waals surface area contributed by atoms with Crippen molar-refractivity contribution in [2.75, 3.05) is 0 Å². The van der Waals surface area contributed by atoms with E-state index in [1.54, 1.807) is 19.9 Å². The highest BCUT2D eigenvalue weighted by atomic mass is 16.4. The Labute approximate surface area is 104 Å². The summed E-state index contributed by atoms with van der Waals surface area (Å²) in [5.74, 6) is -2.30. The van der Waals surface area contributed by atoms with Gasteiger partial charge in [0.15, 0.2) is 0 Å². The number of nitrogens with one attached hydrogen (secondary N) is 2. The molecule has 2 unspecified atom stereocenters. The van der Waals surface area contributed by atoms with Crippen LogP contribution >= 0.6 is 0 Å². The van der Waals surface area contributed by atoms with Crippen LogP contribution in [-0.2, 0) is 4.79 Å². The van der Waals surface area contributed by atoms with Gasteiger partial charge >= 0.3 is 5.97 Å². The summed E-state index contributed by atoms with van der Waals surface area (Å²) in [4.78, 5) is 36.6. The summed E-state index contributed by atoms with van der Waals surface area (Å²) in [6.07, 6.45) is 0. The molecule has 1 amide bonds. The van der Waals surface area contributed by atoms with E-state index >= 15 is 0 Å². The van der Waals surface area contributed by atoms with E-state index < -0.39 is 29.4 Å². The van der Waals surface area contributed by atoms with Crippen LogP contribution < -0.4 is 10.9 Å². The van der Waals surface area contributed by atoms with Crippen molar-refractivity contribution in [1.82, 2.24) is 10.3 Å². The second-order valence-corrected chi connectivity index (χ2v) is 4.27. The third-order valence-electron chi connectivity index (χ3n) is 2.80. The highest BCUT2D eigenvalue weighted by Gasteiger charge is 2.22. The van der Waals surface area contributed by atoms with E-state index in [0.717, 1.165) is 0 Å². The maximum atomic E-state index is 11.8. The van der Waals surface area contributed by atoms with Crippen molar-refractivity contribution >= 4 is 11.9 Å². The quantitative estimate of drug-likeness (QED) is 0.727. The first kappa shape index (κ1) is 14.0. The predicted molar refractivity (Wildman–Crippen MR) is 65.5 cm³/mol. The molecule has 18 heavy (non-hydrogen) atoms. The largest absolute Gasteiger partial charge is 0.481 e. The van der Waals surface area contributed by atoms with Crippen molar-refractivity contribution in [2.24, 2.45) is 5.92 Å². The first-order valence-corrected chi connectivity index (χ1v) is 5.56. The van der Waals surface area contributed by atoms with Crippen LogP contribution in [0.5, 0.6) is 0 Å². The van der Waals surface area contributed by atoms with E-state index in [9.17, 15) is 14.4 Å². The number of rotatable bonds is 4. The van der Waals surface area contributed by atoms with Crippen LogP contribution in [0.4, 0.5) is 0 Å². The van der Waals surface area contributed by atoms with Crippen molar-refractivity contribution in [2.45, 2.75) is 26.8 Å². The van der Waals surface area contributed by atoms with Gasteiger partial charge in [-0.15, -0.1) is 0 Å². The smallest absolute Gasteiger partial charge is 0.308 e. The molecule has 2 atom stereocenters. The lowest BCUT2D eigenvalue weighted by molar-refractivity contribution is -0.141. The number of pyridine rings is 1. The van der Waals surface area contributed by atoms with Gasteiger partial charge in [0.25, 0.3) is 11.5 Å². The molecule has 98 valence electrons. The molecule has 0 aromatic carbocycles. The lowest BCUT2D eigenvalue weighted by Gasteiger charge is -2.17. The lowest BCUT2D eigenvalue weighted by atomic mass is 10.0. The second-order valence-electron chi connectivity index (χ2n) is 4.27. The fraction of sp³-hybridized carbons (Fsp3) is 0.417. The minimum atomic E-state index is -0.999. The highest BCUT2D eigenvalue weighted by Crippen LogP contribution is 2.03. The monoisotopic (exact) mass is 252 g/mol. The predicted octanol–water partition coefficient (Wildman–Crippen LogP) is 0.522. The Morgan fingerprint density at radius 1 is 1.33 bits per heavy atom. The summed E-state index contributed by atoms with van der Waals surface area (Å²) in [7, 11) is 0. The van der Waals surface area contributed by atoms with Crippen molar-refractivity contribution in [3.63, 3.8) is 0 Å². The van der Waals surface area contributed by atoms with Crippen LogP contribution in [0.15, 0.2) is 16.9 Å². The molecule has 6 heteroatoms. The van der Waals surface area contributed by atoms with E-state index in [1.165, 1.54) is 13.0 Å². The highest BCUT2D eigenvalue weighted by molar-refractivity contribution is 5.94. The molecule has 0 aliphatic carbocycles. The van der Waals surface area contributed by atoms with Crippen molar-refractivity contribution < 1.29 is 14.7 Å². The van der Waals surface area contributed by atoms with E-state index in [2.05, 4.69) is 10.3 Å². The number of aromatic nitrogens is 1. The molecule has 0 radical (unpaired) electrons. The molecule has 0 aliphatic rings. The number of carbonyl (C=O) groups excluding carboxylic acids is 1. The average molecular weight is 252 g/mol. The molecule has 1 aromatic rings. The van der Waals surface area contributed by atoms with Crippen LogP contribution in [0, 0.1) is 12.8 Å². The summed E-state index contributed by atoms with van der Waals surface area (Å²) in [6, 6.07) is 2.47. The minimum absolute atomic E-state index is 0.0231. The third-order valence-corrected chi connectivity index (χ3v) is 2.80. The third kappa shape index (κ3) is 3.19. The number of hydrogen-bond acceptors (Lipinski definition) is 3.